The summed E-state index contributed by atoms with van der Waals surface area (Å²) in [5.41, 5.74) is 7.95. The SMILES string of the molecule is NC(=O)[C@@H]1CCCN(Cc2cccc(CNc3ccccn3)c2)C1. The topological polar surface area (TPSA) is 71.2 Å². The number of aromatic nitrogens is 1. The van der Waals surface area contributed by atoms with E-state index in [1.165, 1.54) is 11.1 Å². The van der Waals surface area contributed by atoms with Crippen LogP contribution in [0.25, 0.3) is 0 Å². The normalized spacial score (nSPS) is 18.2. The first-order chi connectivity index (χ1) is 11.7. The second kappa shape index (κ2) is 7.93. The Labute approximate surface area is 142 Å². The number of hydrogen-bond donors (Lipinski definition) is 2. The van der Waals surface area contributed by atoms with Gasteiger partial charge in [0.2, 0.25) is 5.91 Å². The molecular weight excluding hydrogens is 300 g/mol. The number of hydrogen-bond acceptors (Lipinski definition) is 4. The number of anilines is 1. The van der Waals surface area contributed by atoms with Gasteiger partial charge in [-0.05, 0) is 42.6 Å². The first-order valence-corrected chi connectivity index (χ1v) is 8.45. The van der Waals surface area contributed by atoms with Crippen molar-refractivity contribution in [3.63, 3.8) is 0 Å². The second-order valence-corrected chi connectivity index (χ2v) is 6.37. The number of likely N-dealkylation sites (tertiary alicyclic amines) is 1. The van der Waals surface area contributed by atoms with Crippen LogP contribution in [0.2, 0.25) is 0 Å². The fourth-order valence-corrected chi connectivity index (χ4v) is 3.19. The van der Waals surface area contributed by atoms with Gasteiger partial charge in [-0.25, -0.2) is 4.98 Å². The van der Waals surface area contributed by atoms with Crippen LogP contribution in [0.15, 0.2) is 48.7 Å². The lowest BCUT2D eigenvalue weighted by atomic mass is 9.97. The quantitative estimate of drug-likeness (QED) is 0.856. The molecule has 0 aliphatic carbocycles. The van der Waals surface area contributed by atoms with Gasteiger partial charge in [-0.15, -0.1) is 0 Å². The fraction of sp³-hybridized carbons (Fsp3) is 0.368. The van der Waals surface area contributed by atoms with Crippen LogP contribution in [0.4, 0.5) is 5.82 Å². The number of nitrogens with one attached hydrogen (secondary N) is 1. The van der Waals surface area contributed by atoms with Crippen molar-refractivity contribution in [3.05, 3.63) is 59.8 Å². The molecule has 5 nitrogen and oxygen atoms in total. The van der Waals surface area contributed by atoms with Crippen LogP contribution in [0.1, 0.15) is 24.0 Å². The van der Waals surface area contributed by atoms with Crippen molar-refractivity contribution < 1.29 is 4.79 Å². The lowest BCUT2D eigenvalue weighted by Gasteiger charge is -2.31. The first-order valence-electron chi connectivity index (χ1n) is 8.45. The van der Waals surface area contributed by atoms with Gasteiger partial charge in [0.15, 0.2) is 0 Å². The van der Waals surface area contributed by atoms with Gasteiger partial charge in [0.05, 0.1) is 5.92 Å². The Morgan fingerprint density at radius 3 is 2.92 bits per heavy atom. The third-order valence-corrected chi connectivity index (χ3v) is 4.44. The highest BCUT2D eigenvalue weighted by molar-refractivity contribution is 5.76. The molecule has 1 aliphatic heterocycles. The minimum atomic E-state index is -0.173. The predicted octanol–water partition coefficient (Wildman–Crippen LogP) is 2.39. The number of piperidine rings is 1. The van der Waals surface area contributed by atoms with Gasteiger partial charge >= 0.3 is 0 Å². The van der Waals surface area contributed by atoms with Gasteiger partial charge in [-0.1, -0.05) is 30.3 Å². The minimum Gasteiger partial charge on any atom is -0.369 e. The number of carbonyl (C=O) groups is 1. The molecule has 5 heteroatoms. The van der Waals surface area contributed by atoms with Crippen LogP contribution in [-0.2, 0) is 17.9 Å². The monoisotopic (exact) mass is 324 g/mol. The number of carbonyl (C=O) groups excluding carboxylic acids is 1. The van der Waals surface area contributed by atoms with Crippen LogP contribution in [0.5, 0.6) is 0 Å². The summed E-state index contributed by atoms with van der Waals surface area (Å²) in [4.78, 5) is 18.0. The molecule has 1 aromatic carbocycles. The van der Waals surface area contributed by atoms with Crippen molar-refractivity contribution in [1.29, 1.82) is 0 Å². The molecule has 0 bridgehead atoms. The molecule has 1 fully saturated rings. The summed E-state index contributed by atoms with van der Waals surface area (Å²) >= 11 is 0. The minimum absolute atomic E-state index is 0.00671. The molecule has 3 rings (SSSR count). The summed E-state index contributed by atoms with van der Waals surface area (Å²) in [5.74, 6) is 0.698. The summed E-state index contributed by atoms with van der Waals surface area (Å²) in [5, 5.41) is 3.33. The van der Waals surface area contributed by atoms with Gasteiger partial charge in [0.1, 0.15) is 5.82 Å². The maximum absolute atomic E-state index is 11.4. The lowest BCUT2D eigenvalue weighted by Crippen LogP contribution is -2.40. The highest BCUT2D eigenvalue weighted by atomic mass is 16.1. The molecule has 2 aromatic rings. The van der Waals surface area contributed by atoms with E-state index in [2.05, 4.69) is 39.5 Å². The van der Waals surface area contributed by atoms with Gasteiger partial charge in [-0.2, -0.15) is 0 Å². The lowest BCUT2D eigenvalue weighted by molar-refractivity contribution is -0.123. The maximum Gasteiger partial charge on any atom is 0.221 e. The van der Waals surface area contributed by atoms with Crippen LogP contribution in [0.3, 0.4) is 0 Å². The highest BCUT2D eigenvalue weighted by Crippen LogP contribution is 2.19. The van der Waals surface area contributed by atoms with Gasteiger partial charge in [-0.3, -0.25) is 9.69 Å². The Morgan fingerprint density at radius 2 is 2.12 bits per heavy atom. The average Bonchev–Trinajstić information content (AvgIpc) is 2.61. The molecule has 1 saturated heterocycles. The molecule has 0 radical (unpaired) electrons. The summed E-state index contributed by atoms with van der Waals surface area (Å²) in [6, 6.07) is 14.4. The van der Waals surface area contributed by atoms with Gasteiger partial charge in [0.25, 0.3) is 0 Å². The van der Waals surface area contributed by atoms with E-state index < -0.39 is 0 Å². The molecule has 0 spiro atoms. The summed E-state index contributed by atoms with van der Waals surface area (Å²) in [6.45, 7) is 3.40. The number of pyridine rings is 1. The number of nitrogens with two attached hydrogens (primary N) is 1. The predicted molar refractivity (Wildman–Crippen MR) is 95.2 cm³/mol. The third kappa shape index (κ3) is 4.55. The summed E-state index contributed by atoms with van der Waals surface area (Å²) < 4.78 is 0. The Kier molecular flexibility index (Phi) is 5.43. The van der Waals surface area contributed by atoms with Crippen LogP contribution >= 0.6 is 0 Å². The van der Waals surface area contributed by atoms with Crippen LogP contribution in [-0.4, -0.2) is 28.9 Å². The van der Waals surface area contributed by atoms with Crippen molar-refractivity contribution in [2.45, 2.75) is 25.9 Å². The zero-order chi connectivity index (χ0) is 16.8. The molecular formula is C19H24N4O. The molecule has 0 unspecified atom stereocenters. The Balaban J connectivity index is 1.58. The third-order valence-electron chi connectivity index (χ3n) is 4.44. The summed E-state index contributed by atoms with van der Waals surface area (Å²) in [7, 11) is 0. The van der Waals surface area contributed by atoms with Crippen LogP contribution in [0, 0.1) is 5.92 Å². The molecule has 24 heavy (non-hydrogen) atoms. The van der Waals surface area contributed by atoms with Crippen molar-refractivity contribution in [3.8, 4) is 0 Å². The van der Waals surface area contributed by atoms with E-state index in [-0.39, 0.29) is 11.8 Å². The molecule has 1 aliphatic rings. The van der Waals surface area contributed by atoms with Crippen molar-refractivity contribution >= 4 is 11.7 Å². The number of nitrogens with zero attached hydrogens (tertiary/aromatic N) is 2. The van der Waals surface area contributed by atoms with E-state index in [1.807, 2.05) is 18.2 Å². The number of rotatable bonds is 6. The molecule has 2 heterocycles. The molecule has 3 N–H and O–H groups in total. The standard InChI is InChI=1S/C19H24N4O/c20-19(24)17-7-4-10-23(14-17)13-16-6-3-5-15(11-16)12-22-18-8-1-2-9-21-18/h1-3,5-6,8-9,11,17H,4,7,10,12-14H2,(H2,20,24)(H,21,22)/t17-/m1/s1. The average molecular weight is 324 g/mol. The van der Waals surface area contributed by atoms with E-state index in [1.54, 1.807) is 6.20 Å². The Morgan fingerprint density at radius 1 is 1.25 bits per heavy atom. The van der Waals surface area contributed by atoms with Gasteiger partial charge < -0.3 is 11.1 Å². The largest absolute Gasteiger partial charge is 0.369 e. The van der Waals surface area contributed by atoms with E-state index >= 15 is 0 Å². The van der Waals surface area contributed by atoms with E-state index in [0.29, 0.717) is 0 Å². The first kappa shape index (κ1) is 16.5. The zero-order valence-corrected chi connectivity index (χ0v) is 13.8. The highest BCUT2D eigenvalue weighted by Gasteiger charge is 2.23. The smallest absolute Gasteiger partial charge is 0.221 e. The molecule has 1 atom stereocenters. The van der Waals surface area contributed by atoms with E-state index in [0.717, 1.165) is 44.8 Å². The summed E-state index contributed by atoms with van der Waals surface area (Å²) in [6.07, 6.45) is 3.73. The Hall–Kier alpha value is -2.40. The Bertz CT molecular complexity index is 674. The molecule has 0 saturated carbocycles. The van der Waals surface area contributed by atoms with E-state index in [4.69, 9.17) is 5.73 Å². The number of amides is 1. The van der Waals surface area contributed by atoms with Crippen molar-refractivity contribution in [1.82, 2.24) is 9.88 Å². The van der Waals surface area contributed by atoms with Crippen molar-refractivity contribution in [2.75, 3.05) is 18.4 Å². The number of benzene rings is 1. The van der Waals surface area contributed by atoms with Gasteiger partial charge in [0, 0.05) is 25.8 Å². The van der Waals surface area contributed by atoms with Crippen LogP contribution < -0.4 is 11.1 Å². The molecule has 126 valence electrons. The second-order valence-electron chi connectivity index (χ2n) is 6.37. The molecule has 1 amide bonds. The van der Waals surface area contributed by atoms with Crippen molar-refractivity contribution in [2.24, 2.45) is 11.7 Å². The zero-order valence-electron chi connectivity index (χ0n) is 13.8. The maximum atomic E-state index is 11.4. The molecule has 1 aromatic heterocycles. The number of primary amides is 1. The fourth-order valence-electron chi connectivity index (χ4n) is 3.19. The van der Waals surface area contributed by atoms with E-state index in [9.17, 15) is 4.79 Å².